The Morgan fingerprint density at radius 3 is 2.76 bits per heavy atom. The number of hydrogen-bond donors (Lipinski definition) is 0. The molecule has 3 nitrogen and oxygen atoms in total. The number of aromatic nitrogens is 2. The summed E-state index contributed by atoms with van der Waals surface area (Å²) in [6.45, 7) is 2.66. The van der Waals surface area contributed by atoms with Gasteiger partial charge in [-0.1, -0.05) is 15.9 Å². The Balaban J connectivity index is 2.29. The van der Waals surface area contributed by atoms with Crippen LogP contribution in [0.5, 0.6) is 0 Å². The minimum atomic E-state index is -0.324. The van der Waals surface area contributed by atoms with Gasteiger partial charge in [0, 0.05) is 11.0 Å². The molecule has 0 spiro atoms. The Morgan fingerprint density at radius 1 is 1.29 bits per heavy atom. The zero-order valence-corrected chi connectivity index (χ0v) is 12.9. The molecule has 21 heavy (non-hydrogen) atoms. The number of nitrogens with zero attached hydrogens (tertiary/aromatic N) is 3. The van der Waals surface area contributed by atoms with Crippen molar-refractivity contribution in [3.8, 4) is 17.5 Å². The van der Waals surface area contributed by atoms with Crippen LogP contribution in [0, 0.1) is 17.1 Å². The van der Waals surface area contributed by atoms with Crippen LogP contribution in [0.15, 0.2) is 40.9 Å². The number of imidazole rings is 1. The smallest absolute Gasteiger partial charge is 0.144 e. The average molecular weight is 344 g/mol. The van der Waals surface area contributed by atoms with Gasteiger partial charge in [0.05, 0.1) is 28.2 Å². The second-order valence-electron chi connectivity index (χ2n) is 4.62. The van der Waals surface area contributed by atoms with Gasteiger partial charge < -0.3 is 4.57 Å². The van der Waals surface area contributed by atoms with Crippen LogP contribution in [0.3, 0.4) is 0 Å². The minimum absolute atomic E-state index is 0.324. The second kappa shape index (κ2) is 5.30. The van der Waals surface area contributed by atoms with Gasteiger partial charge in [-0.05, 0) is 43.3 Å². The first kappa shape index (κ1) is 13.8. The highest BCUT2D eigenvalue weighted by molar-refractivity contribution is 9.10. The van der Waals surface area contributed by atoms with Crippen LogP contribution in [0.2, 0.25) is 0 Å². The van der Waals surface area contributed by atoms with Gasteiger partial charge >= 0.3 is 0 Å². The van der Waals surface area contributed by atoms with Gasteiger partial charge in [-0.2, -0.15) is 5.26 Å². The predicted octanol–water partition coefficient (Wildman–Crippen LogP) is 4.50. The Kier molecular flexibility index (Phi) is 3.48. The van der Waals surface area contributed by atoms with Crippen molar-refractivity contribution in [2.75, 3.05) is 0 Å². The lowest BCUT2D eigenvalue weighted by atomic mass is 10.2. The Labute approximate surface area is 129 Å². The van der Waals surface area contributed by atoms with E-state index in [1.165, 1.54) is 6.07 Å². The zero-order chi connectivity index (χ0) is 15.0. The standard InChI is InChI=1S/C16H11BrFN3/c1-2-21-15-6-3-10(9-19)7-14(15)20-16(21)12-5-4-11(17)8-13(12)18/h3-8H,2H2,1H3. The maximum Gasteiger partial charge on any atom is 0.144 e. The van der Waals surface area contributed by atoms with Crippen molar-refractivity contribution in [2.24, 2.45) is 0 Å². The van der Waals surface area contributed by atoms with Crippen LogP contribution in [-0.2, 0) is 6.54 Å². The first-order valence-corrected chi connectivity index (χ1v) is 7.29. The number of benzene rings is 2. The minimum Gasteiger partial charge on any atom is -0.324 e. The van der Waals surface area contributed by atoms with Crippen molar-refractivity contribution in [1.82, 2.24) is 9.55 Å². The summed E-state index contributed by atoms with van der Waals surface area (Å²) in [7, 11) is 0. The Morgan fingerprint density at radius 2 is 2.10 bits per heavy atom. The van der Waals surface area contributed by atoms with Crippen LogP contribution in [0.25, 0.3) is 22.4 Å². The van der Waals surface area contributed by atoms with Gasteiger partial charge in [-0.3, -0.25) is 0 Å². The molecule has 0 saturated heterocycles. The summed E-state index contributed by atoms with van der Waals surface area (Å²) in [6.07, 6.45) is 0. The molecular formula is C16H11BrFN3. The summed E-state index contributed by atoms with van der Waals surface area (Å²) in [5, 5.41) is 8.97. The molecule has 0 N–H and O–H groups in total. The van der Waals surface area contributed by atoms with Crippen molar-refractivity contribution >= 4 is 27.0 Å². The lowest BCUT2D eigenvalue weighted by molar-refractivity contribution is 0.627. The summed E-state index contributed by atoms with van der Waals surface area (Å²) in [5.41, 5.74) is 2.60. The van der Waals surface area contributed by atoms with E-state index in [0.717, 1.165) is 5.52 Å². The fraction of sp³-hybridized carbons (Fsp3) is 0.125. The first-order chi connectivity index (χ1) is 10.1. The number of nitriles is 1. The highest BCUT2D eigenvalue weighted by Crippen LogP contribution is 2.28. The molecular weight excluding hydrogens is 333 g/mol. The molecule has 0 aliphatic rings. The van der Waals surface area contributed by atoms with Crippen LogP contribution in [-0.4, -0.2) is 9.55 Å². The molecule has 0 radical (unpaired) electrons. The maximum atomic E-state index is 14.2. The maximum absolute atomic E-state index is 14.2. The molecule has 104 valence electrons. The number of aryl methyl sites for hydroxylation is 1. The lowest BCUT2D eigenvalue weighted by Crippen LogP contribution is -1.99. The topological polar surface area (TPSA) is 41.6 Å². The highest BCUT2D eigenvalue weighted by atomic mass is 79.9. The zero-order valence-electron chi connectivity index (χ0n) is 11.3. The van der Waals surface area contributed by atoms with E-state index in [-0.39, 0.29) is 5.82 Å². The van der Waals surface area contributed by atoms with E-state index in [9.17, 15) is 4.39 Å². The van der Waals surface area contributed by atoms with Crippen LogP contribution < -0.4 is 0 Å². The third kappa shape index (κ3) is 2.32. The van der Waals surface area contributed by atoms with Crippen LogP contribution in [0.1, 0.15) is 12.5 Å². The van der Waals surface area contributed by atoms with E-state index in [1.54, 1.807) is 24.3 Å². The molecule has 0 amide bonds. The molecule has 0 aliphatic carbocycles. The molecule has 3 aromatic rings. The molecule has 3 rings (SSSR count). The predicted molar refractivity (Wildman–Crippen MR) is 83.2 cm³/mol. The summed E-state index contributed by atoms with van der Waals surface area (Å²) >= 11 is 3.25. The van der Waals surface area contributed by atoms with Crippen molar-refractivity contribution in [3.63, 3.8) is 0 Å². The highest BCUT2D eigenvalue weighted by Gasteiger charge is 2.15. The Bertz CT molecular complexity index is 877. The van der Waals surface area contributed by atoms with Crippen molar-refractivity contribution in [3.05, 3.63) is 52.3 Å². The van der Waals surface area contributed by atoms with E-state index >= 15 is 0 Å². The third-order valence-electron chi connectivity index (χ3n) is 3.37. The molecule has 0 aliphatic heterocycles. The number of rotatable bonds is 2. The van der Waals surface area contributed by atoms with Gasteiger partial charge in [0.25, 0.3) is 0 Å². The molecule has 0 atom stereocenters. The lowest BCUT2D eigenvalue weighted by Gasteiger charge is -2.07. The summed E-state index contributed by atoms with van der Waals surface area (Å²) in [6, 6.07) is 12.3. The molecule has 1 heterocycles. The molecule has 0 saturated carbocycles. The fourth-order valence-corrected chi connectivity index (χ4v) is 2.73. The Hall–Kier alpha value is -2.19. The van der Waals surface area contributed by atoms with E-state index in [1.807, 2.05) is 17.6 Å². The monoisotopic (exact) mass is 343 g/mol. The van der Waals surface area contributed by atoms with Gasteiger partial charge in [0.2, 0.25) is 0 Å². The second-order valence-corrected chi connectivity index (χ2v) is 5.53. The van der Waals surface area contributed by atoms with E-state index in [4.69, 9.17) is 5.26 Å². The summed E-state index contributed by atoms with van der Waals surface area (Å²) in [5.74, 6) is 0.252. The average Bonchev–Trinajstić information content (AvgIpc) is 2.84. The third-order valence-corrected chi connectivity index (χ3v) is 3.86. The number of hydrogen-bond acceptors (Lipinski definition) is 2. The summed E-state index contributed by atoms with van der Waals surface area (Å²) < 4.78 is 16.8. The van der Waals surface area contributed by atoms with Crippen molar-refractivity contribution < 1.29 is 4.39 Å². The molecule has 1 aromatic heterocycles. The largest absolute Gasteiger partial charge is 0.324 e. The SMILES string of the molecule is CCn1c(-c2ccc(Br)cc2F)nc2cc(C#N)ccc21. The van der Waals surface area contributed by atoms with E-state index in [0.29, 0.717) is 33.5 Å². The molecule has 0 bridgehead atoms. The molecule has 0 unspecified atom stereocenters. The number of halogens is 2. The normalized spacial score (nSPS) is 10.8. The quantitative estimate of drug-likeness (QED) is 0.687. The van der Waals surface area contributed by atoms with Gasteiger partial charge in [0.1, 0.15) is 11.6 Å². The summed E-state index contributed by atoms with van der Waals surface area (Å²) in [4.78, 5) is 4.51. The van der Waals surface area contributed by atoms with Crippen molar-refractivity contribution in [1.29, 1.82) is 5.26 Å². The van der Waals surface area contributed by atoms with Gasteiger partial charge in [-0.25, -0.2) is 9.37 Å². The van der Waals surface area contributed by atoms with E-state index < -0.39 is 0 Å². The number of fused-ring (bicyclic) bond motifs is 1. The van der Waals surface area contributed by atoms with Crippen molar-refractivity contribution in [2.45, 2.75) is 13.5 Å². The first-order valence-electron chi connectivity index (χ1n) is 6.50. The van der Waals surface area contributed by atoms with Gasteiger partial charge in [-0.15, -0.1) is 0 Å². The van der Waals surface area contributed by atoms with E-state index in [2.05, 4.69) is 27.0 Å². The molecule has 5 heteroatoms. The van der Waals surface area contributed by atoms with Crippen LogP contribution >= 0.6 is 15.9 Å². The van der Waals surface area contributed by atoms with Gasteiger partial charge in [0.15, 0.2) is 0 Å². The molecule has 0 fully saturated rings. The molecule has 2 aromatic carbocycles. The van der Waals surface area contributed by atoms with Crippen LogP contribution in [0.4, 0.5) is 4.39 Å². The fourth-order valence-electron chi connectivity index (χ4n) is 2.40.